The molecule has 0 atom stereocenters. The molecule has 0 fully saturated rings. The molecule has 0 amide bonds. The standard InChI is InChI=1S/C14H16N2S/c1-10-6-12(8-16-7-10)9-17-13-5-3-4-11(2)14(13)15/h3-8H,9,15H2,1-2H3. The van der Waals surface area contributed by atoms with Crippen molar-refractivity contribution in [3.05, 3.63) is 53.3 Å². The van der Waals surface area contributed by atoms with Gasteiger partial charge in [0.05, 0.1) is 0 Å². The lowest BCUT2D eigenvalue weighted by molar-refractivity contribution is 1.20. The number of pyridine rings is 1. The second-order valence-electron chi connectivity index (χ2n) is 4.15. The third kappa shape index (κ3) is 3.01. The normalized spacial score (nSPS) is 10.5. The van der Waals surface area contributed by atoms with Gasteiger partial charge in [-0.1, -0.05) is 18.2 Å². The minimum Gasteiger partial charge on any atom is -0.398 e. The van der Waals surface area contributed by atoms with E-state index in [1.54, 1.807) is 11.8 Å². The fraction of sp³-hybridized carbons (Fsp3) is 0.214. The Kier molecular flexibility index (Phi) is 3.69. The third-order valence-electron chi connectivity index (χ3n) is 2.61. The van der Waals surface area contributed by atoms with Crippen LogP contribution in [0, 0.1) is 13.8 Å². The minimum absolute atomic E-state index is 0.887. The molecule has 0 saturated heterocycles. The van der Waals surface area contributed by atoms with Crippen LogP contribution < -0.4 is 5.73 Å². The molecular formula is C14H16N2S. The van der Waals surface area contributed by atoms with Crippen LogP contribution in [0.3, 0.4) is 0 Å². The summed E-state index contributed by atoms with van der Waals surface area (Å²) in [6, 6.07) is 8.30. The molecule has 2 N–H and O–H groups in total. The lowest BCUT2D eigenvalue weighted by atomic mass is 10.2. The van der Waals surface area contributed by atoms with Crippen LogP contribution in [0.25, 0.3) is 0 Å². The maximum Gasteiger partial charge on any atom is 0.0482 e. The summed E-state index contributed by atoms with van der Waals surface area (Å²) in [7, 11) is 0. The maximum atomic E-state index is 6.04. The monoisotopic (exact) mass is 244 g/mol. The van der Waals surface area contributed by atoms with Crippen molar-refractivity contribution in [1.29, 1.82) is 0 Å². The van der Waals surface area contributed by atoms with Crippen LogP contribution >= 0.6 is 11.8 Å². The minimum atomic E-state index is 0.887. The van der Waals surface area contributed by atoms with E-state index < -0.39 is 0 Å². The Hall–Kier alpha value is -1.48. The summed E-state index contributed by atoms with van der Waals surface area (Å²) in [6.07, 6.45) is 3.78. The van der Waals surface area contributed by atoms with Crippen LogP contribution in [0.15, 0.2) is 41.6 Å². The fourth-order valence-electron chi connectivity index (χ4n) is 1.64. The highest BCUT2D eigenvalue weighted by molar-refractivity contribution is 7.98. The van der Waals surface area contributed by atoms with Crippen LogP contribution in [0.5, 0.6) is 0 Å². The average Bonchev–Trinajstić information content (AvgIpc) is 2.31. The van der Waals surface area contributed by atoms with Gasteiger partial charge in [-0.05, 0) is 36.6 Å². The van der Waals surface area contributed by atoms with Gasteiger partial charge >= 0.3 is 0 Å². The predicted molar refractivity (Wildman–Crippen MR) is 74.1 cm³/mol. The predicted octanol–water partition coefficient (Wildman–Crippen LogP) is 3.57. The largest absolute Gasteiger partial charge is 0.398 e. The first-order valence-corrected chi connectivity index (χ1v) is 6.54. The lowest BCUT2D eigenvalue weighted by Crippen LogP contribution is -1.92. The number of rotatable bonds is 3. The summed E-state index contributed by atoms with van der Waals surface area (Å²) in [4.78, 5) is 5.34. The van der Waals surface area contributed by atoms with Crippen LogP contribution in [0.1, 0.15) is 16.7 Å². The first-order chi connectivity index (χ1) is 8.16. The molecule has 0 radical (unpaired) electrons. The molecule has 0 unspecified atom stereocenters. The van der Waals surface area contributed by atoms with Crippen molar-refractivity contribution in [3.63, 3.8) is 0 Å². The number of nitrogens with two attached hydrogens (primary N) is 1. The molecule has 0 saturated carbocycles. The SMILES string of the molecule is Cc1cncc(CSc2cccc(C)c2N)c1. The van der Waals surface area contributed by atoms with Crippen LogP contribution in [0.2, 0.25) is 0 Å². The molecule has 1 aromatic heterocycles. The Morgan fingerprint density at radius 2 is 2.06 bits per heavy atom. The van der Waals surface area contributed by atoms with Gasteiger partial charge in [0.1, 0.15) is 0 Å². The number of nitrogens with zero attached hydrogens (tertiary/aromatic N) is 1. The molecular weight excluding hydrogens is 228 g/mol. The maximum absolute atomic E-state index is 6.04. The summed E-state index contributed by atoms with van der Waals surface area (Å²) in [5.41, 5.74) is 10.5. The van der Waals surface area contributed by atoms with Crippen LogP contribution in [-0.4, -0.2) is 4.98 Å². The smallest absolute Gasteiger partial charge is 0.0482 e. The van der Waals surface area contributed by atoms with Gasteiger partial charge in [0.15, 0.2) is 0 Å². The van der Waals surface area contributed by atoms with Gasteiger partial charge in [-0.3, -0.25) is 4.98 Å². The topological polar surface area (TPSA) is 38.9 Å². The van der Waals surface area contributed by atoms with E-state index in [0.717, 1.165) is 21.9 Å². The van der Waals surface area contributed by atoms with Crippen molar-refractivity contribution in [3.8, 4) is 0 Å². The number of benzene rings is 1. The van der Waals surface area contributed by atoms with Gasteiger partial charge in [0.2, 0.25) is 0 Å². The second-order valence-corrected chi connectivity index (χ2v) is 5.16. The summed E-state index contributed by atoms with van der Waals surface area (Å²) < 4.78 is 0. The van der Waals surface area contributed by atoms with Crippen molar-refractivity contribution in [2.45, 2.75) is 24.5 Å². The van der Waals surface area contributed by atoms with E-state index in [1.165, 1.54) is 11.1 Å². The van der Waals surface area contributed by atoms with Crippen molar-refractivity contribution >= 4 is 17.4 Å². The highest BCUT2D eigenvalue weighted by Gasteiger charge is 2.03. The zero-order valence-corrected chi connectivity index (χ0v) is 10.9. The number of hydrogen-bond acceptors (Lipinski definition) is 3. The van der Waals surface area contributed by atoms with E-state index in [2.05, 4.69) is 24.0 Å². The van der Waals surface area contributed by atoms with Crippen molar-refractivity contribution in [2.24, 2.45) is 0 Å². The third-order valence-corrected chi connectivity index (χ3v) is 3.75. The second kappa shape index (κ2) is 5.23. The average molecular weight is 244 g/mol. The molecule has 2 aromatic rings. The van der Waals surface area contributed by atoms with Crippen molar-refractivity contribution in [2.75, 3.05) is 5.73 Å². The molecule has 88 valence electrons. The summed E-state index contributed by atoms with van der Waals surface area (Å²) in [5, 5.41) is 0. The van der Waals surface area contributed by atoms with Crippen LogP contribution in [0.4, 0.5) is 5.69 Å². The quantitative estimate of drug-likeness (QED) is 0.662. The molecule has 0 bridgehead atoms. The summed E-state index contributed by atoms with van der Waals surface area (Å²) in [6.45, 7) is 4.09. The highest BCUT2D eigenvalue weighted by Crippen LogP contribution is 2.29. The van der Waals surface area contributed by atoms with Gasteiger partial charge in [-0.2, -0.15) is 0 Å². The van der Waals surface area contributed by atoms with E-state index >= 15 is 0 Å². The Morgan fingerprint density at radius 1 is 1.24 bits per heavy atom. The zero-order valence-electron chi connectivity index (χ0n) is 10.1. The Morgan fingerprint density at radius 3 is 2.82 bits per heavy atom. The van der Waals surface area contributed by atoms with E-state index in [-0.39, 0.29) is 0 Å². The molecule has 0 aliphatic heterocycles. The van der Waals surface area contributed by atoms with Gasteiger partial charge in [-0.15, -0.1) is 11.8 Å². The van der Waals surface area contributed by atoms with E-state index in [1.807, 2.05) is 31.5 Å². The molecule has 0 aliphatic rings. The molecule has 2 rings (SSSR count). The van der Waals surface area contributed by atoms with Crippen LogP contribution in [-0.2, 0) is 5.75 Å². The molecule has 3 heteroatoms. The molecule has 0 aliphatic carbocycles. The zero-order chi connectivity index (χ0) is 12.3. The first-order valence-electron chi connectivity index (χ1n) is 5.55. The van der Waals surface area contributed by atoms with Gasteiger partial charge < -0.3 is 5.73 Å². The number of aromatic nitrogens is 1. The molecule has 17 heavy (non-hydrogen) atoms. The van der Waals surface area contributed by atoms with Crippen molar-refractivity contribution < 1.29 is 0 Å². The van der Waals surface area contributed by atoms with Gasteiger partial charge in [0, 0.05) is 28.7 Å². The number of hydrogen-bond donors (Lipinski definition) is 1. The lowest BCUT2D eigenvalue weighted by Gasteiger charge is -2.07. The molecule has 1 heterocycles. The Balaban J connectivity index is 2.10. The van der Waals surface area contributed by atoms with Gasteiger partial charge in [0.25, 0.3) is 0 Å². The summed E-state index contributed by atoms with van der Waals surface area (Å²) in [5.74, 6) is 0.905. The Bertz CT molecular complexity index is 523. The van der Waals surface area contributed by atoms with Crippen molar-refractivity contribution in [1.82, 2.24) is 4.98 Å². The number of thioether (sulfide) groups is 1. The number of aryl methyl sites for hydroxylation is 2. The summed E-state index contributed by atoms with van der Waals surface area (Å²) >= 11 is 1.76. The Labute approximate surface area is 106 Å². The highest BCUT2D eigenvalue weighted by atomic mass is 32.2. The van der Waals surface area contributed by atoms with E-state index in [9.17, 15) is 0 Å². The van der Waals surface area contributed by atoms with Gasteiger partial charge in [-0.25, -0.2) is 0 Å². The molecule has 2 nitrogen and oxygen atoms in total. The number of para-hydroxylation sites is 1. The van der Waals surface area contributed by atoms with E-state index in [4.69, 9.17) is 5.73 Å². The number of anilines is 1. The molecule has 1 aromatic carbocycles. The first kappa shape index (κ1) is 12.0. The van der Waals surface area contributed by atoms with E-state index in [0.29, 0.717) is 0 Å². The number of nitrogen functional groups attached to an aromatic ring is 1. The molecule has 0 spiro atoms. The fourth-order valence-corrected chi connectivity index (χ4v) is 2.61.